The molecule has 1 fully saturated rings. The van der Waals surface area contributed by atoms with Crippen molar-refractivity contribution in [3.05, 3.63) is 52.2 Å². The van der Waals surface area contributed by atoms with Crippen LogP contribution in [0.3, 0.4) is 0 Å². The van der Waals surface area contributed by atoms with Gasteiger partial charge in [0.25, 0.3) is 5.56 Å². The number of fused-ring (bicyclic) bond motifs is 1. The largest absolute Gasteiger partial charge is 0.573 e. The van der Waals surface area contributed by atoms with Gasteiger partial charge in [0.1, 0.15) is 17.0 Å². The van der Waals surface area contributed by atoms with Crippen molar-refractivity contribution in [1.82, 2.24) is 19.7 Å². The maximum atomic E-state index is 13.5. The Labute approximate surface area is 166 Å². The van der Waals surface area contributed by atoms with Crippen molar-refractivity contribution in [2.24, 2.45) is 0 Å². The SMILES string of the molecule is O=c1[nH]c(Cc2ccccc2OC(F)(F)F)nc2c1cnn2C1CCC(F)(F)CC1. The Morgan fingerprint density at radius 3 is 2.60 bits per heavy atom. The summed E-state index contributed by atoms with van der Waals surface area (Å²) in [6.07, 6.45) is -3.84. The summed E-state index contributed by atoms with van der Waals surface area (Å²) < 4.78 is 70.4. The number of ether oxygens (including phenoxy) is 1. The second-order valence-electron chi connectivity index (χ2n) is 7.26. The molecule has 3 aromatic rings. The van der Waals surface area contributed by atoms with Crippen LogP contribution in [0.1, 0.15) is 43.1 Å². The summed E-state index contributed by atoms with van der Waals surface area (Å²) in [7, 11) is 0. The molecule has 6 nitrogen and oxygen atoms in total. The number of para-hydroxylation sites is 1. The standard InChI is InChI=1S/C19H17F5N4O2/c20-18(21)7-5-12(6-8-18)28-16-13(10-25-28)17(29)27-15(26-16)9-11-3-1-2-4-14(11)30-19(22,23)24/h1-4,10,12H,5-9H2,(H,26,27,29). The van der Waals surface area contributed by atoms with E-state index in [1.165, 1.54) is 29.1 Å². The number of benzene rings is 1. The van der Waals surface area contributed by atoms with E-state index in [9.17, 15) is 26.7 Å². The number of nitrogens with one attached hydrogen (secondary N) is 1. The lowest BCUT2D eigenvalue weighted by atomic mass is 9.92. The Bertz CT molecular complexity index is 1110. The van der Waals surface area contributed by atoms with Crippen molar-refractivity contribution in [3.63, 3.8) is 0 Å². The Morgan fingerprint density at radius 2 is 1.90 bits per heavy atom. The first-order chi connectivity index (χ1) is 14.1. The Morgan fingerprint density at radius 1 is 1.20 bits per heavy atom. The molecule has 1 aromatic carbocycles. The molecule has 1 aliphatic carbocycles. The monoisotopic (exact) mass is 428 g/mol. The fourth-order valence-electron chi connectivity index (χ4n) is 3.66. The highest BCUT2D eigenvalue weighted by Gasteiger charge is 2.36. The summed E-state index contributed by atoms with van der Waals surface area (Å²) in [5.74, 6) is -2.98. The minimum absolute atomic E-state index is 0.119. The lowest BCUT2D eigenvalue weighted by Crippen LogP contribution is -2.27. The molecule has 0 unspecified atom stereocenters. The van der Waals surface area contributed by atoms with Gasteiger partial charge >= 0.3 is 6.36 Å². The molecule has 0 saturated heterocycles. The van der Waals surface area contributed by atoms with Crippen LogP contribution in [-0.2, 0) is 6.42 Å². The van der Waals surface area contributed by atoms with Crippen molar-refractivity contribution in [1.29, 1.82) is 0 Å². The molecule has 2 aromatic heterocycles. The van der Waals surface area contributed by atoms with E-state index in [1.807, 2.05) is 0 Å². The topological polar surface area (TPSA) is 72.8 Å². The van der Waals surface area contributed by atoms with E-state index in [0.717, 1.165) is 0 Å². The maximum absolute atomic E-state index is 13.5. The fraction of sp³-hybridized carbons (Fsp3) is 0.421. The van der Waals surface area contributed by atoms with E-state index >= 15 is 0 Å². The summed E-state index contributed by atoms with van der Waals surface area (Å²) >= 11 is 0. The molecule has 0 amide bonds. The van der Waals surface area contributed by atoms with Crippen LogP contribution in [0.25, 0.3) is 11.0 Å². The van der Waals surface area contributed by atoms with Gasteiger partial charge in [0.15, 0.2) is 5.65 Å². The molecule has 11 heteroatoms. The van der Waals surface area contributed by atoms with Crippen molar-refractivity contribution < 1.29 is 26.7 Å². The first kappa shape index (κ1) is 20.3. The third-order valence-corrected chi connectivity index (χ3v) is 5.10. The van der Waals surface area contributed by atoms with E-state index in [0.29, 0.717) is 0 Å². The molecule has 0 radical (unpaired) electrons. The molecule has 1 aliphatic rings. The predicted molar refractivity (Wildman–Crippen MR) is 96.5 cm³/mol. The minimum atomic E-state index is -4.86. The summed E-state index contributed by atoms with van der Waals surface area (Å²) in [5, 5.41) is 4.35. The molecule has 2 heterocycles. The van der Waals surface area contributed by atoms with Crippen LogP contribution in [0, 0.1) is 0 Å². The van der Waals surface area contributed by atoms with Crippen LogP contribution in [0.15, 0.2) is 35.3 Å². The van der Waals surface area contributed by atoms with E-state index < -0.39 is 23.6 Å². The van der Waals surface area contributed by atoms with Gasteiger partial charge < -0.3 is 9.72 Å². The zero-order valence-electron chi connectivity index (χ0n) is 15.5. The second kappa shape index (κ2) is 7.37. The molecule has 1 saturated carbocycles. The number of hydrogen-bond donors (Lipinski definition) is 1. The fourth-order valence-corrected chi connectivity index (χ4v) is 3.66. The molecule has 0 spiro atoms. The number of aromatic nitrogens is 4. The Hall–Kier alpha value is -2.98. The number of aromatic amines is 1. The van der Waals surface area contributed by atoms with Crippen molar-refractivity contribution >= 4 is 11.0 Å². The normalized spacial score (nSPS) is 17.4. The summed E-state index contributed by atoms with van der Waals surface area (Å²) in [6, 6.07) is 5.22. The molecular weight excluding hydrogens is 411 g/mol. The molecule has 160 valence electrons. The molecular formula is C19H17F5N4O2. The van der Waals surface area contributed by atoms with E-state index in [2.05, 4.69) is 19.8 Å². The number of H-pyrrole nitrogens is 1. The van der Waals surface area contributed by atoms with Crippen LogP contribution < -0.4 is 10.3 Å². The third-order valence-electron chi connectivity index (χ3n) is 5.10. The molecule has 1 N–H and O–H groups in total. The van der Waals surface area contributed by atoms with Gasteiger partial charge in [-0.3, -0.25) is 4.79 Å². The summed E-state index contributed by atoms with van der Waals surface area (Å²) in [5.41, 5.74) is -0.101. The quantitative estimate of drug-likeness (QED) is 0.627. The van der Waals surface area contributed by atoms with Gasteiger partial charge in [0.05, 0.1) is 12.2 Å². The number of halogens is 5. The number of nitrogens with zero attached hydrogens (tertiary/aromatic N) is 3. The predicted octanol–water partition coefficient (Wildman–Crippen LogP) is 4.36. The van der Waals surface area contributed by atoms with E-state index in [4.69, 9.17) is 0 Å². The molecule has 4 rings (SSSR count). The van der Waals surface area contributed by atoms with Crippen LogP contribution in [0.5, 0.6) is 5.75 Å². The molecule has 30 heavy (non-hydrogen) atoms. The second-order valence-corrected chi connectivity index (χ2v) is 7.26. The van der Waals surface area contributed by atoms with E-state index in [1.54, 1.807) is 6.07 Å². The maximum Gasteiger partial charge on any atom is 0.573 e. The average Bonchev–Trinajstić information content (AvgIpc) is 3.07. The lowest BCUT2D eigenvalue weighted by Gasteiger charge is -2.28. The van der Waals surface area contributed by atoms with Gasteiger partial charge in [-0.25, -0.2) is 18.4 Å². The number of rotatable bonds is 4. The molecule has 0 bridgehead atoms. The lowest BCUT2D eigenvalue weighted by molar-refractivity contribution is -0.274. The van der Waals surface area contributed by atoms with Crippen LogP contribution in [0.4, 0.5) is 22.0 Å². The van der Waals surface area contributed by atoms with E-state index in [-0.39, 0.29) is 60.6 Å². The van der Waals surface area contributed by atoms with Crippen LogP contribution >= 0.6 is 0 Å². The summed E-state index contributed by atoms with van der Waals surface area (Å²) in [4.78, 5) is 19.3. The molecule has 0 atom stereocenters. The highest BCUT2D eigenvalue weighted by Crippen LogP contribution is 2.38. The van der Waals surface area contributed by atoms with Crippen molar-refractivity contribution in [3.8, 4) is 5.75 Å². The summed E-state index contributed by atoms with van der Waals surface area (Å²) in [6.45, 7) is 0. The van der Waals surface area contributed by atoms with Gasteiger partial charge in [0, 0.05) is 24.8 Å². The number of alkyl halides is 5. The highest BCUT2D eigenvalue weighted by atomic mass is 19.4. The number of hydrogen-bond acceptors (Lipinski definition) is 4. The Balaban J connectivity index is 1.66. The Kier molecular flexibility index (Phi) is 4.99. The van der Waals surface area contributed by atoms with Crippen molar-refractivity contribution in [2.45, 2.75) is 50.4 Å². The smallest absolute Gasteiger partial charge is 0.405 e. The zero-order chi connectivity index (χ0) is 21.5. The van der Waals surface area contributed by atoms with Gasteiger partial charge in [-0.15, -0.1) is 13.2 Å². The first-order valence-corrected chi connectivity index (χ1v) is 9.29. The van der Waals surface area contributed by atoms with Gasteiger partial charge in [-0.05, 0) is 18.9 Å². The zero-order valence-corrected chi connectivity index (χ0v) is 15.5. The minimum Gasteiger partial charge on any atom is -0.405 e. The van der Waals surface area contributed by atoms with Crippen LogP contribution in [-0.4, -0.2) is 32.0 Å². The van der Waals surface area contributed by atoms with Gasteiger partial charge in [-0.1, -0.05) is 18.2 Å². The van der Waals surface area contributed by atoms with Gasteiger partial charge in [0.2, 0.25) is 5.92 Å². The van der Waals surface area contributed by atoms with Crippen molar-refractivity contribution in [2.75, 3.05) is 0 Å². The van der Waals surface area contributed by atoms with Crippen LogP contribution in [0.2, 0.25) is 0 Å². The first-order valence-electron chi connectivity index (χ1n) is 9.29. The van der Waals surface area contributed by atoms with Gasteiger partial charge in [-0.2, -0.15) is 5.10 Å². The third kappa shape index (κ3) is 4.29. The molecule has 0 aliphatic heterocycles. The highest BCUT2D eigenvalue weighted by molar-refractivity contribution is 5.73. The average molecular weight is 428 g/mol.